The quantitative estimate of drug-likeness (QED) is 0.164. The number of rotatable bonds is 5. The van der Waals surface area contributed by atoms with Crippen LogP contribution in [-0.2, 0) is 0 Å². The van der Waals surface area contributed by atoms with Crippen LogP contribution in [0.2, 0.25) is 0 Å². The third-order valence-corrected chi connectivity index (χ3v) is 12.9. The van der Waals surface area contributed by atoms with Crippen molar-refractivity contribution in [2.75, 3.05) is 0 Å². The largest absolute Gasteiger partial charge is 0.456 e. The predicted octanol–water partition coefficient (Wildman–Crippen LogP) is 12.9. The van der Waals surface area contributed by atoms with Gasteiger partial charge in [0, 0.05) is 47.4 Å². The molecule has 11 aromatic rings. The summed E-state index contributed by atoms with van der Waals surface area (Å²) in [6.07, 6.45) is -0.169. The van der Waals surface area contributed by atoms with Crippen molar-refractivity contribution in [1.82, 2.24) is 20.5 Å². The normalized spacial score (nSPS) is 17.4. The first kappa shape index (κ1) is 32.7. The van der Waals surface area contributed by atoms with Gasteiger partial charge >= 0.3 is 0 Å². The van der Waals surface area contributed by atoms with Crippen LogP contribution in [0.3, 0.4) is 0 Å². The van der Waals surface area contributed by atoms with Gasteiger partial charge in [-0.2, -0.15) is 0 Å². The lowest BCUT2D eigenvalue weighted by molar-refractivity contribution is 0.203. The molecule has 1 saturated heterocycles. The molecule has 1 fully saturated rings. The molecule has 0 radical (unpaired) electrons. The Bertz CT molecular complexity index is 3210. The van der Waals surface area contributed by atoms with E-state index in [4.69, 9.17) is 4.42 Å². The van der Waals surface area contributed by atoms with E-state index >= 15 is 0 Å². The average molecular weight is 753 g/mol. The number of nitrogens with one attached hydrogen (secondary N) is 3. The van der Waals surface area contributed by atoms with E-state index in [1.54, 1.807) is 0 Å². The molecule has 0 bridgehead atoms. The smallest absolute Gasteiger partial charge is 0.135 e. The number of hydrogen-bond donors (Lipinski definition) is 3. The van der Waals surface area contributed by atoms with Crippen molar-refractivity contribution < 1.29 is 4.42 Å². The topological polar surface area (TPSA) is 54.2 Å². The number of benzene rings is 8. The number of furan rings is 1. The van der Waals surface area contributed by atoms with Gasteiger partial charge in [-0.25, -0.2) is 0 Å². The first-order chi connectivity index (χ1) is 28.2. The molecule has 1 aliphatic heterocycles. The van der Waals surface area contributed by atoms with Gasteiger partial charge in [-0.1, -0.05) is 133 Å². The maximum absolute atomic E-state index is 6.57. The second-order valence-corrected chi connectivity index (χ2v) is 16.1. The van der Waals surface area contributed by atoms with E-state index in [9.17, 15) is 0 Å². The summed E-state index contributed by atoms with van der Waals surface area (Å²) in [7, 11) is 0. The zero-order valence-corrected chi connectivity index (χ0v) is 31.6. The summed E-state index contributed by atoms with van der Waals surface area (Å²) in [5.74, 6) is 0. The maximum atomic E-state index is 6.57. The Labute approximate surface area is 332 Å². The minimum Gasteiger partial charge on any atom is -0.456 e. The predicted molar refractivity (Wildman–Crippen MR) is 237 cm³/mol. The summed E-state index contributed by atoms with van der Waals surface area (Å²) >= 11 is 1.87. The zero-order chi connectivity index (χ0) is 37.5. The molecular weight excluding hydrogens is 717 g/mol. The fraction of sp³-hybridized carbons (Fsp3) is 0.0588. The molecular formula is C51H36N4OS. The minimum atomic E-state index is -0.101. The van der Waals surface area contributed by atoms with Crippen LogP contribution >= 0.6 is 11.3 Å². The van der Waals surface area contributed by atoms with Crippen molar-refractivity contribution >= 4 is 75.3 Å². The highest BCUT2D eigenvalue weighted by Gasteiger charge is 2.30. The molecule has 6 heteroatoms. The standard InChI is InChI=1S/C51H36N4OS/c1-3-12-31(13-4-1)49-52-50(32-14-5-2-6-15-32)54-51(53-49)34-22-25-39-41-28-33(23-26-45(41)56-46(39)29-34)36-18-11-19-40-42-30-35(24-27-47(42)57-48(36)40)55-43-20-9-7-16-37(43)38-17-8-10-21-44(38)55/h1-30,49-54H. The van der Waals surface area contributed by atoms with Crippen molar-refractivity contribution in [2.45, 2.75) is 18.5 Å². The Balaban J connectivity index is 0.920. The fourth-order valence-corrected chi connectivity index (χ4v) is 10.2. The van der Waals surface area contributed by atoms with Crippen LogP contribution in [0.15, 0.2) is 186 Å². The molecule has 0 spiro atoms. The van der Waals surface area contributed by atoms with Gasteiger partial charge in [-0.3, -0.25) is 16.0 Å². The Kier molecular flexibility index (Phi) is 7.46. The third-order valence-electron chi connectivity index (χ3n) is 11.7. The molecule has 0 amide bonds. The van der Waals surface area contributed by atoms with Gasteiger partial charge in [-0.15, -0.1) is 11.3 Å². The highest BCUT2D eigenvalue weighted by atomic mass is 32.1. The molecule has 8 aromatic carbocycles. The van der Waals surface area contributed by atoms with Crippen LogP contribution in [0.25, 0.3) is 80.7 Å². The van der Waals surface area contributed by atoms with Gasteiger partial charge in [0.1, 0.15) is 11.2 Å². The van der Waals surface area contributed by atoms with Gasteiger partial charge in [0.2, 0.25) is 0 Å². The zero-order valence-electron chi connectivity index (χ0n) is 30.8. The lowest BCUT2D eigenvalue weighted by atomic mass is 10.00. The number of aromatic nitrogens is 1. The Morgan fingerprint density at radius 3 is 1.75 bits per heavy atom. The van der Waals surface area contributed by atoms with E-state index in [-0.39, 0.29) is 18.5 Å². The first-order valence-corrected chi connectivity index (χ1v) is 20.3. The van der Waals surface area contributed by atoms with Crippen LogP contribution in [0, 0.1) is 0 Å². The number of hydrogen-bond acceptors (Lipinski definition) is 5. The van der Waals surface area contributed by atoms with Crippen molar-refractivity contribution in [2.24, 2.45) is 0 Å². The monoisotopic (exact) mass is 752 g/mol. The summed E-state index contributed by atoms with van der Waals surface area (Å²) in [6, 6.07) is 65.5. The Hall–Kier alpha value is -6.54. The Morgan fingerprint density at radius 1 is 0.421 bits per heavy atom. The van der Waals surface area contributed by atoms with Crippen molar-refractivity contribution in [3.8, 4) is 16.8 Å². The van der Waals surface area contributed by atoms with Gasteiger partial charge in [0.15, 0.2) is 0 Å². The summed E-state index contributed by atoms with van der Waals surface area (Å²) in [5.41, 5.74) is 11.3. The maximum Gasteiger partial charge on any atom is 0.135 e. The second-order valence-electron chi connectivity index (χ2n) is 15.0. The van der Waals surface area contributed by atoms with Crippen molar-refractivity contribution in [1.29, 1.82) is 0 Å². The van der Waals surface area contributed by atoms with E-state index in [0.717, 1.165) is 27.5 Å². The van der Waals surface area contributed by atoms with E-state index in [1.807, 2.05) is 11.3 Å². The van der Waals surface area contributed by atoms with Crippen LogP contribution in [-0.4, -0.2) is 4.57 Å². The highest BCUT2D eigenvalue weighted by Crippen LogP contribution is 2.43. The average Bonchev–Trinajstić information content (AvgIpc) is 3.95. The van der Waals surface area contributed by atoms with Gasteiger partial charge in [-0.05, 0) is 76.3 Å². The molecule has 2 unspecified atom stereocenters. The summed E-state index contributed by atoms with van der Waals surface area (Å²) in [6.45, 7) is 0. The Morgan fingerprint density at radius 2 is 1.05 bits per heavy atom. The first-order valence-electron chi connectivity index (χ1n) is 19.5. The molecule has 57 heavy (non-hydrogen) atoms. The van der Waals surface area contributed by atoms with Crippen LogP contribution in [0.5, 0.6) is 0 Å². The van der Waals surface area contributed by atoms with Crippen molar-refractivity contribution in [3.05, 3.63) is 199 Å². The lowest BCUT2D eigenvalue weighted by Crippen LogP contribution is -2.54. The SMILES string of the molecule is c1ccc(C2NC(c3ccccc3)NC(c3ccc4c(c3)oc3ccc(-c5cccc6c5sc5ccc(-n7c8ccccc8c8ccccc87)cc56)cc34)N2)cc1. The molecule has 4 heterocycles. The molecule has 0 saturated carbocycles. The van der Waals surface area contributed by atoms with Crippen molar-refractivity contribution in [3.63, 3.8) is 0 Å². The number of fused-ring (bicyclic) bond motifs is 9. The van der Waals surface area contributed by atoms with E-state index in [1.165, 1.54) is 69.9 Å². The van der Waals surface area contributed by atoms with Gasteiger partial charge < -0.3 is 8.98 Å². The lowest BCUT2D eigenvalue weighted by Gasteiger charge is -2.39. The summed E-state index contributed by atoms with van der Waals surface area (Å²) in [4.78, 5) is 0. The fourth-order valence-electron chi connectivity index (χ4n) is 9.01. The van der Waals surface area contributed by atoms with Gasteiger partial charge in [0.25, 0.3) is 0 Å². The number of para-hydroxylation sites is 2. The molecule has 0 aliphatic carbocycles. The third kappa shape index (κ3) is 5.34. The molecule has 272 valence electrons. The number of nitrogens with zero attached hydrogens (tertiary/aromatic N) is 1. The molecule has 3 N–H and O–H groups in total. The molecule has 12 rings (SSSR count). The highest BCUT2D eigenvalue weighted by molar-refractivity contribution is 7.26. The minimum absolute atomic E-state index is 0.0339. The molecule has 5 nitrogen and oxygen atoms in total. The van der Waals surface area contributed by atoms with Gasteiger partial charge in [0.05, 0.1) is 29.5 Å². The molecule has 3 aromatic heterocycles. The van der Waals surface area contributed by atoms with Crippen LogP contribution in [0.4, 0.5) is 0 Å². The second kappa shape index (κ2) is 13.0. The van der Waals surface area contributed by atoms with E-state index < -0.39 is 0 Å². The summed E-state index contributed by atoms with van der Waals surface area (Å²) < 4.78 is 11.6. The molecule has 2 atom stereocenters. The summed E-state index contributed by atoms with van der Waals surface area (Å²) in [5, 5.41) is 18.7. The number of thiophene rings is 1. The molecule has 1 aliphatic rings. The van der Waals surface area contributed by atoms with Crippen LogP contribution in [0.1, 0.15) is 35.2 Å². The van der Waals surface area contributed by atoms with E-state index in [0.29, 0.717) is 0 Å². The van der Waals surface area contributed by atoms with E-state index in [2.05, 4.69) is 203 Å². The van der Waals surface area contributed by atoms with Crippen LogP contribution < -0.4 is 16.0 Å².